The van der Waals surface area contributed by atoms with Crippen LogP contribution in [0.4, 0.5) is 11.4 Å². The molecule has 1 aromatic rings. The molecule has 7 heteroatoms. The lowest BCUT2D eigenvalue weighted by Gasteiger charge is -2.36. The topological polar surface area (TPSA) is 88.5 Å². The zero-order chi connectivity index (χ0) is 23.2. The molecule has 0 bridgehead atoms. The fourth-order valence-electron chi connectivity index (χ4n) is 5.64. The van der Waals surface area contributed by atoms with Gasteiger partial charge in [0.05, 0.1) is 11.6 Å². The second kappa shape index (κ2) is 11.1. The Labute approximate surface area is 197 Å². The molecule has 1 aliphatic carbocycles. The van der Waals surface area contributed by atoms with Crippen LogP contribution in [0.3, 0.4) is 0 Å². The van der Waals surface area contributed by atoms with E-state index in [-0.39, 0.29) is 23.9 Å². The first-order chi connectivity index (χ1) is 16.0. The van der Waals surface area contributed by atoms with Crippen molar-refractivity contribution in [1.82, 2.24) is 10.2 Å². The van der Waals surface area contributed by atoms with E-state index in [9.17, 15) is 9.59 Å². The highest BCUT2D eigenvalue weighted by molar-refractivity contribution is 6.17. The molecule has 1 aromatic carbocycles. The Hall–Kier alpha value is -2.41. The molecule has 1 saturated carbocycles. The molecule has 0 radical (unpaired) electrons. The van der Waals surface area contributed by atoms with Gasteiger partial charge in [0.25, 0.3) is 0 Å². The molecular formula is C26H39N5O2. The second-order valence-corrected chi connectivity index (χ2v) is 9.87. The molecule has 2 heterocycles. The van der Waals surface area contributed by atoms with E-state index in [1.807, 2.05) is 13.1 Å². The number of piperidine rings is 1. The lowest BCUT2D eigenvalue weighted by Crippen LogP contribution is -2.46. The van der Waals surface area contributed by atoms with Crippen molar-refractivity contribution in [1.29, 1.82) is 5.41 Å². The molecule has 0 spiro atoms. The Balaban J connectivity index is 1.30. The first-order valence-electron chi connectivity index (χ1n) is 12.8. The summed E-state index contributed by atoms with van der Waals surface area (Å²) >= 11 is 0. The number of hydrogen-bond acceptors (Lipinski definition) is 6. The van der Waals surface area contributed by atoms with E-state index in [0.717, 1.165) is 49.0 Å². The number of nitrogens with zero attached hydrogens (tertiary/aromatic N) is 2. The Kier molecular flexibility index (Phi) is 8.02. The minimum absolute atomic E-state index is 0.249. The van der Waals surface area contributed by atoms with Gasteiger partial charge in [-0.15, -0.1) is 0 Å². The molecule has 7 nitrogen and oxygen atoms in total. The number of piperazine rings is 1. The molecule has 180 valence electrons. The Morgan fingerprint density at radius 1 is 1.09 bits per heavy atom. The van der Waals surface area contributed by atoms with E-state index in [4.69, 9.17) is 5.41 Å². The number of carbonyl (C=O) groups excluding carboxylic acids is 2. The van der Waals surface area contributed by atoms with E-state index in [2.05, 4.69) is 32.6 Å². The van der Waals surface area contributed by atoms with E-state index in [1.165, 1.54) is 51.5 Å². The quantitative estimate of drug-likeness (QED) is 0.413. The molecule has 33 heavy (non-hydrogen) atoms. The van der Waals surface area contributed by atoms with Crippen molar-refractivity contribution in [3.05, 3.63) is 23.8 Å². The van der Waals surface area contributed by atoms with Gasteiger partial charge in [0.1, 0.15) is 0 Å². The van der Waals surface area contributed by atoms with E-state index >= 15 is 0 Å². The van der Waals surface area contributed by atoms with Gasteiger partial charge in [-0.1, -0.05) is 32.1 Å². The Morgan fingerprint density at radius 3 is 2.55 bits per heavy atom. The molecule has 2 amide bonds. The maximum absolute atomic E-state index is 12.2. The molecule has 4 rings (SSSR count). The maximum atomic E-state index is 12.2. The summed E-state index contributed by atoms with van der Waals surface area (Å²) in [6.45, 7) is 5.42. The zero-order valence-electron chi connectivity index (χ0n) is 20.0. The van der Waals surface area contributed by atoms with Gasteiger partial charge in [0, 0.05) is 56.6 Å². The molecule has 1 atom stereocenters. The molecule has 2 saturated heterocycles. The molecule has 3 fully saturated rings. The van der Waals surface area contributed by atoms with Crippen molar-refractivity contribution >= 4 is 28.9 Å². The van der Waals surface area contributed by atoms with Crippen LogP contribution in [0.15, 0.2) is 18.2 Å². The number of anilines is 2. The third-order valence-corrected chi connectivity index (χ3v) is 7.70. The van der Waals surface area contributed by atoms with Crippen LogP contribution in [0.25, 0.3) is 0 Å². The number of benzene rings is 1. The molecule has 1 unspecified atom stereocenters. The molecular weight excluding hydrogens is 414 g/mol. The van der Waals surface area contributed by atoms with Gasteiger partial charge in [-0.05, 0) is 49.9 Å². The van der Waals surface area contributed by atoms with Gasteiger partial charge < -0.3 is 15.6 Å². The summed E-state index contributed by atoms with van der Waals surface area (Å²) in [6, 6.07) is 6.10. The van der Waals surface area contributed by atoms with Crippen molar-refractivity contribution < 1.29 is 9.59 Å². The molecule has 3 N–H and O–H groups in total. The second-order valence-electron chi connectivity index (χ2n) is 9.87. The highest BCUT2D eigenvalue weighted by Gasteiger charge is 2.31. The van der Waals surface area contributed by atoms with Gasteiger partial charge in [0.2, 0.25) is 11.8 Å². The fraction of sp³-hybridized carbons (Fsp3) is 0.654. The van der Waals surface area contributed by atoms with E-state index in [0.29, 0.717) is 6.42 Å². The SMILES string of the molecule is CNc1cc(N2CCN(CCCC3CCCCC3)CC2)ccc1C(=N)C1CCC(=O)NC1=O. The monoisotopic (exact) mass is 453 g/mol. The van der Waals surface area contributed by atoms with Gasteiger partial charge in [-0.3, -0.25) is 19.8 Å². The summed E-state index contributed by atoms with van der Waals surface area (Å²) in [5.41, 5.74) is 3.02. The van der Waals surface area contributed by atoms with Crippen molar-refractivity contribution in [2.24, 2.45) is 11.8 Å². The fourth-order valence-corrected chi connectivity index (χ4v) is 5.64. The summed E-state index contributed by atoms with van der Waals surface area (Å²) in [7, 11) is 1.85. The van der Waals surface area contributed by atoms with Crippen LogP contribution in [0.1, 0.15) is 63.4 Å². The molecule has 0 aromatic heterocycles. The molecule has 3 aliphatic rings. The van der Waals surface area contributed by atoms with Crippen molar-refractivity contribution in [2.75, 3.05) is 50.0 Å². The average Bonchev–Trinajstić information content (AvgIpc) is 2.84. The number of carbonyl (C=O) groups is 2. The summed E-state index contributed by atoms with van der Waals surface area (Å²) < 4.78 is 0. The van der Waals surface area contributed by atoms with Crippen molar-refractivity contribution in [3.8, 4) is 0 Å². The van der Waals surface area contributed by atoms with Crippen LogP contribution in [-0.4, -0.2) is 62.2 Å². The number of hydrogen-bond donors (Lipinski definition) is 3. The highest BCUT2D eigenvalue weighted by atomic mass is 16.2. The van der Waals surface area contributed by atoms with E-state index in [1.54, 1.807) is 0 Å². The smallest absolute Gasteiger partial charge is 0.235 e. The first kappa shape index (κ1) is 23.7. The largest absolute Gasteiger partial charge is 0.388 e. The lowest BCUT2D eigenvalue weighted by atomic mass is 9.86. The number of amides is 2. The summed E-state index contributed by atoms with van der Waals surface area (Å²) in [5.74, 6) is -0.210. The van der Waals surface area contributed by atoms with Crippen LogP contribution in [0.5, 0.6) is 0 Å². The Morgan fingerprint density at radius 2 is 1.85 bits per heavy atom. The lowest BCUT2D eigenvalue weighted by molar-refractivity contribution is -0.134. The highest BCUT2D eigenvalue weighted by Crippen LogP contribution is 2.29. The number of imide groups is 1. The third-order valence-electron chi connectivity index (χ3n) is 7.70. The standard InChI is InChI=1S/C26H39N5O2/c1-28-23-18-20(9-10-21(23)25(27)22-11-12-24(32)29-26(22)33)31-16-14-30(15-17-31)13-5-8-19-6-3-2-4-7-19/h9-10,18-19,22,27-28H,2-8,11-17H2,1H3,(H,29,32,33). The minimum atomic E-state index is -0.571. The van der Waals surface area contributed by atoms with Gasteiger partial charge in [-0.2, -0.15) is 0 Å². The first-order valence-corrected chi connectivity index (χ1v) is 12.8. The number of nitrogens with one attached hydrogen (secondary N) is 3. The van der Waals surface area contributed by atoms with E-state index < -0.39 is 5.92 Å². The summed E-state index contributed by atoms with van der Waals surface area (Å²) in [4.78, 5) is 28.7. The predicted octanol–water partition coefficient (Wildman–Crippen LogP) is 3.63. The van der Waals surface area contributed by atoms with Gasteiger partial charge in [-0.25, -0.2) is 0 Å². The molecule has 2 aliphatic heterocycles. The predicted molar refractivity (Wildman–Crippen MR) is 133 cm³/mol. The van der Waals surface area contributed by atoms with Crippen LogP contribution >= 0.6 is 0 Å². The third kappa shape index (κ3) is 5.94. The van der Waals surface area contributed by atoms with Crippen molar-refractivity contribution in [2.45, 2.75) is 57.8 Å². The van der Waals surface area contributed by atoms with Gasteiger partial charge >= 0.3 is 0 Å². The van der Waals surface area contributed by atoms with Crippen LogP contribution in [0, 0.1) is 17.2 Å². The maximum Gasteiger partial charge on any atom is 0.235 e. The zero-order valence-corrected chi connectivity index (χ0v) is 20.0. The Bertz CT molecular complexity index is 856. The average molecular weight is 454 g/mol. The minimum Gasteiger partial charge on any atom is -0.388 e. The van der Waals surface area contributed by atoms with Crippen LogP contribution in [0.2, 0.25) is 0 Å². The number of rotatable bonds is 8. The van der Waals surface area contributed by atoms with Crippen molar-refractivity contribution in [3.63, 3.8) is 0 Å². The normalized spacial score (nSPS) is 22.8. The summed E-state index contributed by atoms with van der Waals surface area (Å²) in [5, 5.41) is 14.2. The van der Waals surface area contributed by atoms with Crippen LogP contribution < -0.4 is 15.5 Å². The van der Waals surface area contributed by atoms with Gasteiger partial charge in [0.15, 0.2) is 0 Å². The summed E-state index contributed by atoms with van der Waals surface area (Å²) in [6.07, 6.45) is 10.6. The van der Waals surface area contributed by atoms with Crippen LogP contribution in [-0.2, 0) is 9.59 Å².